The second-order valence-corrected chi connectivity index (χ2v) is 6.60. The van der Waals surface area contributed by atoms with Crippen molar-refractivity contribution in [3.63, 3.8) is 0 Å². The van der Waals surface area contributed by atoms with Crippen LogP contribution in [0.3, 0.4) is 0 Å². The molecule has 0 heterocycles. The van der Waals surface area contributed by atoms with Gasteiger partial charge in [-0.25, -0.2) is 13.1 Å². The minimum absolute atomic E-state index is 0.0795. The number of benzene rings is 1. The molecule has 1 aliphatic rings. The molecule has 1 fully saturated rings. The van der Waals surface area contributed by atoms with Crippen molar-refractivity contribution in [3.05, 3.63) is 23.8 Å². The molecule has 1 aromatic carbocycles. The molecule has 0 bridgehead atoms. The summed E-state index contributed by atoms with van der Waals surface area (Å²) in [7, 11) is -3.43. The molecule has 1 saturated carbocycles. The second kappa shape index (κ2) is 4.31. The quantitative estimate of drug-likeness (QED) is 0.806. The molecule has 0 aliphatic heterocycles. The van der Waals surface area contributed by atoms with E-state index in [1.54, 1.807) is 19.1 Å². The molecule has 0 aromatic heterocycles. The predicted octanol–water partition coefficient (Wildman–Crippen LogP) is 1.65. The molecule has 0 radical (unpaired) electrons. The summed E-state index contributed by atoms with van der Waals surface area (Å²) in [5, 5.41) is 0. The standard InChI is InChI=1S/C12H18N2O2S/c1-8-5-11(6-8)14-17(15,16)12-7-10(13)4-3-9(12)2/h3-4,7-8,11,14H,5-6,13H2,1-2H3. The van der Waals surface area contributed by atoms with E-state index in [0.717, 1.165) is 18.4 Å². The SMILES string of the molecule is Cc1ccc(N)cc1S(=O)(=O)NC1CC(C)C1. The lowest BCUT2D eigenvalue weighted by Crippen LogP contribution is -2.43. The first-order valence-corrected chi connectivity index (χ1v) is 7.25. The normalized spacial score (nSPS) is 24.4. The fourth-order valence-corrected chi connectivity index (χ4v) is 3.73. The van der Waals surface area contributed by atoms with Crippen molar-refractivity contribution < 1.29 is 8.42 Å². The Morgan fingerprint density at radius 2 is 2.00 bits per heavy atom. The molecule has 0 unspecified atom stereocenters. The number of nitrogens with two attached hydrogens (primary N) is 1. The van der Waals surface area contributed by atoms with Crippen molar-refractivity contribution >= 4 is 15.7 Å². The zero-order chi connectivity index (χ0) is 12.6. The zero-order valence-electron chi connectivity index (χ0n) is 10.1. The van der Waals surface area contributed by atoms with E-state index in [1.165, 1.54) is 6.07 Å². The molecule has 5 heteroatoms. The van der Waals surface area contributed by atoms with Crippen LogP contribution < -0.4 is 10.5 Å². The van der Waals surface area contributed by atoms with Gasteiger partial charge >= 0.3 is 0 Å². The summed E-state index contributed by atoms with van der Waals surface area (Å²) >= 11 is 0. The minimum Gasteiger partial charge on any atom is -0.399 e. The number of nitrogen functional groups attached to an aromatic ring is 1. The van der Waals surface area contributed by atoms with Gasteiger partial charge in [-0.1, -0.05) is 13.0 Å². The molecule has 4 nitrogen and oxygen atoms in total. The van der Waals surface area contributed by atoms with Gasteiger partial charge in [-0.15, -0.1) is 0 Å². The molecule has 0 amide bonds. The summed E-state index contributed by atoms with van der Waals surface area (Å²) in [6.45, 7) is 3.90. The molecule has 3 N–H and O–H groups in total. The lowest BCUT2D eigenvalue weighted by atomic mass is 9.83. The largest absolute Gasteiger partial charge is 0.399 e. The van der Waals surface area contributed by atoms with Gasteiger partial charge in [-0.05, 0) is 43.4 Å². The van der Waals surface area contributed by atoms with Gasteiger partial charge in [0.25, 0.3) is 0 Å². The highest BCUT2D eigenvalue weighted by Crippen LogP contribution is 2.28. The molecular formula is C12H18N2O2S. The summed E-state index contributed by atoms with van der Waals surface area (Å²) in [6.07, 6.45) is 1.83. The second-order valence-electron chi connectivity index (χ2n) is 4.92. The number of anilines is 1. The number of nitrogens with one attached hydrogen (secondary N) is 1. The number of rotatable bonds is 3. The highest BCUT2D eigenvalue weighted by atomic mass is 32.2. The maximum Gasteiger partial charge on any atom is 0.241 e. The average Bonchev–Trinajstić information content (AvgIpc) is 2.19. The third-order valence-corrected chi connectivity index (χ3v) is 4.86. The molecule has 17 heavy (non-hydrogen) atoms. The Labute approximate surface area is 102 Å². The molecule has 0 spiro atoms. The highest BCUT2D eigenvalue weighted by molar-refractivity contribution is 7.89. The Morgan fingerprint density at radius 3 is 2.59 bits per heavy atom. The van der Waals surface area contributed by atoms with Gasteiger partial charge in [-0.2, -0.15) is 0 Å². The van der Waals surface area contributed by atoms with Crippen LogP contribution in [0.4, 0.5) is 5.69 Å². The summed E-state index contributed by atoms with van der Waals surface area (Å²) in [5.41, 5.74) is 6.82. The number of hydrogen-bond acceptors (Lipinski definition) is 3. The van der Waals surface area contributed by atoms with Crippen molar-refractivity contribution in [2.75, 3.05) is 5.73 Å². The molecule has 0 atom stereocenters. The van der Waals surface area contributed by atoms with Crippen molar-refractivity contribution in [2.45, 2.75) is 37.6 Å². The van der Waals surface area contributed by atoms with Crippen molar-refractivity contribution in [2.24, 2.45) is 5.92 Å². The van der Waals surface area contributed by atoms with E-state index in [4.69, 9.17) is 5.73 Å². The van der Waals surface area contributed by atoms with E-state index in [9.17, 15) is 8.42 Å². The third kappa shape index (κ3) is 2.61. The van der Waals surface area contributed by atoms with Crippen LogP contribution >= 0.6 is 0 Å². The monoisotopic (exact) mass is 254 g/mol. The molecular weight excluding hydrogens is 236 g/mol. The van der Waals surface area contributed by atoms with E-state index >= 15 is 0 Å². The van der Waals surface area contributed by atoms with Crippen LogP contribution in [0.2, 0.25) is 0 Å². The van der Waals surface area contributed by atoms with E-state index in [-0.39, 0.29) is 10.9 Å². The van der Waals surface area contributed by atoms with Crippen LogP contribution in [0.15, 0.2) is 23.1 Å². The Kier molecular flexibility index (Phi) is 3.14. The van der Waals surface area contributed by atoms with Gasteiger partial charge in [0.2, 0.25) is 10.0 Å². The Morgan fingerprint density at radius 1 is 1.35 bits per heavy atom. The minimum atomic E-state index is -3.43. The summed E-state index contributed by atoms with van der Waals surface area (Å²) in [4.78, 5) is 0.289. The van der Waals surface area contributed by atoms with Gasteiger partial charge in [0.1, 0.15) is 0 Å². The lowest BCUT2D eigenvalue weighted by Gasteiger charge is -2.33. The first kappa shape index (κ1) is 12.4. The van der Waals surface area contributed by atoms with Crippen LogP contribution in [0, 0.1) is 12.8 Å². The molecule has 0 saturated heterocycles. The highest BCUT2D eigenvalue weighted by Gasteiger charge is 2.30. The van der Waals surface area contributed by atoms with Crippen molar-refractivity contribution in [1.82, 2.24) is 4.72 Å². The Balaban J connectivity index is 2.22. The van der Waals surface area contributed by atoms with E-state index in [1.807, 2.05) is 0 Å². The molecule has 94 valence electrons. The zero-order valence-corrected chi connectivity index (χ0v) is 10.9. The van der Waals surface area contributed by atoms with Gasteiger partial charge in [-0.3, -0.25) is 0 Å². The predicted molar refractivity (Wildman–Crippen MR) is 68.1 cm³/mol. The average molecular weight is 254 g/mol. The lowest BCUT2D eigenvalue weighted by molar-refractivity contribution is 0.270. The molecule has 1 aromatic rings. The Hall–Kier alpha value is -1.07. The fourth-order valence-electron chi connectivity index (χ4n) is 2.19. The van der Waals surface area contributed by atoms with Crippen molar-refractivity contribution in [1.29, 1.82) is 0 Å². The smallest absolute Gasteiger partial charge is 0.241 e. The maximum absolute atomic E-state index is 12.1. The Bertz CT molecular complexity index is 519. The van der Waals surface area contributed by atoms with Crippen LogP contribution in [0.25, 0.3) is 0 Å². The van der Waals surface area contributed by atoms with Crippen LogP contribution in [-0.2, 0) is 10.0 Å². The van der Waals surface area contributed by atoms with E-state index in [0.29, 0.717) is 11.6 Å². The summed E-state index contributed by atoms with van der Waals surface area (Å²) in [6, 6.07) is 5.03. The summed E-state index contributed by atoms with van der Waals surface area (Å²) < 4.78 is 27.0. The number of hydrogen-bond donors (Lipinski definition) is 2. The first-order valence-electron chi connectivity index (χ1n) is 5.77. The number of sulfonamides is 1. The molecule has 1 aliphatic carbocycles. The fraction of sp³-hybridized carbons (Fsp3) is 0.500. The van der Waals surface area contributed by atoms with Gasteiger partial charge in [0.05, 0.1) is 4.90 Å². The molecule has 2 rings (SSSR count). The van der Waals surface area contributed by atoms with Crippen LogP contribution in [0.5, 0.6) is 0 Å². The summed E-state index contributed by atoms with van der Waals surface area (Å²) in [5.74, 6) is 0.615. The maximum atomic E-state index is 12.1. The topological polar surface area (TPSA) is 72.2 Å². The van der Waals surface area contributed by atoms with E-state index in [2.05, 4.69) is 11.6 Å². The van der Waals surface area contributed by atoms with Crippen LogP contribution in [-0.4, -0.2) is 14.5 Å². The van der Waals surface area contributed by atoms with Gasteiger partial charge in [0.15, 0.2) is 0 Å². The third-order valence-electron chi connectivity index (χ3n) is 3.20. The first-order chi connectivity index (χ1) is 7.88. The van der Waals surface area contributed by atoms with Gasteiger partial charge in [0, 0.05) is 11.7 Å². The number of aryl methyl sites for hydroxylation is 1. The van der Waals surface area contributed by atoms with E-state index < -0.39 is 10.0 Å². The van der Waals surface area contributed by atoms with Crippen molar-refractivity contribution in [3.8, 4) is 0 Å². The van der Waals surface area contributed by atoms with Crippen LogP contribution in [0.1, 0.15) is 25.3 Å². The van der Waals surface area contributed by atoms with Gasteiger partial charge < -0.3 is 5.73 Å².